The maximum atomic E-state index is 11.6. The van der Waals surface area contributed by atoms with Gasteiger partial charge >= 0.3 is 6.03 Å². The third kappa shape index (κ3) is 3.70. The van der Waals surface area contributed by atoms with Crippen molar-refractivity contribution >= 4 is 22.5 Å². The predicted octanol–water partition coefficient (Wildman–Crippen LogP) is 0.397. The topological polar surface area (TPSA) is 83.5 Å². The Balaban J connectivity index is 1.84. The Morgan fingerprint density at radius 1 is 1.72 bits per heavy atom. The fraction of sp³-hybridized carbons (Fsp3) is 0.455. The normalized spacial score (nSPS) is 17.9. The van der Waals surface area contributed by atoms with Gasteiger partial charge in [0.15, 0.2) is 5.13 Å². The molecule has 0 radical (unpaired) electrons. The molecule has 1 saturated heterocycles. The molecule has 0 saturated carbocycles. The van der Waals surface area contributed by atoms with Gasteiger partial charge in [0, 0.05) is 6.61 Å². The number of carbonyl (C=O) groups is 1. The number of amides is 2. The molecule has 3 N–H and O–H groups in total. The summed E-state index contributed by atoms with van der Waals surface area (Å²) in [7, 11) is 0. The zero-order valence-electron chi connectivity index (χ0n) is 9.60. The fourth-order valence-corrected chi connectivity index (χ4v) is 2.17. The molecule has 0 aromatic carbocycles. The third-order valence-corrected chi connectivity index (χ3v) is 3.11. The van der Waals surface area contributed by atoms with Gasteiger partial charge in [0.25, 0.3) is 0 Å². The lowest BCUT2D eigenvalue weighted by atomic mass is 10.3. The van der Waals surface area contributed by atoms with Crippen molar-refractivity contribution in [2.75, 3.05) is 25.1 Å². The van der Waals surface area contributed by atoms with Crippen LogP contribution in [0.4, 0.5) is 9.93 Å². The second-order valence-electron chi connectivity index (χ2n) is 3.65. The molecule has 1 fully saturated rings. The molecule has 0 aliphatic carbocycles. The molecule has 2 amide bonds. The third-order valence-electron chi connectivity index (χ3n) is 2.28. The van der Waals surface area contributed by atoms with Crippen LogP contribution in [0.2, 0.25) is 0 Å². The van der Waals surface area contributed by atoms with Crippen molar-refractivity contribution in [1.82, 2.24) is 10.3 Å². The fourth-order valence-electron chi connectivity index (χ4n) is 1.48. The van der Waals surface area contributed by atoms with Crippen LogP contribution < -0.4 is 10.6 Å². The molecule has 2 rings (SSSR count). The van der Waals surface area contributed by atoms with Crippen LogP contribution in [0.25, 0.3) is 0 Å². The van der Waals surface area contributed by atoms with Crippen LogP contribution in [0.3, 0.4) is 0 Å². The summed E-state index contributed by atoms with van der Waals surface area (Å²) in [6.45, 7) is 1.05. The van der Waals surface area contributed by atoms with E-state index in [1.165, 1.54) is 11.3 Å². The number of hydrogen-bond donors (Lipinski definition) is 3. The van der Waals surface area contributed by atoms with Crippen LogP contribution in [0.15, 0.2) is 6.20 Å². The minimum absolute atomic E-state index is 0.0682. The molecule has 1 atom stereocenters. The number of nitrogens with one attached hydrogen (secondary N) is 2. The number of anilines is 1. The van der Waals surface area contributed by atoms with E-state index in [9.17, 15) is 4.79 Å². The van der Waals surface area contributed by atoms with E-state index in [4.69, 9.17) is 9.84 Å². The quantitative estimate of drug-likeness (QED) is 0.677. The average molecular weight is 267 g/mol. The molecule has 18 heavy (non-hydrogen) atoms. The van der Waals surface area contributed by atoms with Crippen molar-refractivity contribution in [3.05, 3.63) is 11.1 Å². The van der Waals surface area contributed by atoms with Gasteiger partial charge in [-0.15, -0.1) is 0 Å². The molecule has 1 aliphatic rings. The largest absolute Gasteiger partial charge is 0.384 e. The van der Waals surface area contributed by atoms with E-state index in [0.717, 1.165) is 6.42 Å². The van der Waals surface area contributed by atoms with Crippen LogP contribution in [0.1, 0.15) is 11.3 Å². The molecule has 1 aromatic heterocycles. The van der Waals surface area contributed by atoms with E-state index < -0.39 is 0 Å². The Hall–Kier alpha value is -1.62. The lowest BCUT2D eigenvalue weighted by Gasteiger charge is -2.09. The minimum Gasteiger partial charge on any atom is -0.384 e. The lowest BCUT2D eigenvalue weighted by molar-refractivity contribution is 0.189. The Bertz CT molecular complexity index is 471. The van der Waals surface area contributed by atoms with Crippen LogP contribution in [0, 0.1) is 11.8 Å². The monoisotopic (exact) mass is 267 g/mol. The van der Waals surface area contributed by atoms with E-state index in [-0.39, 0.29) is 18.7 Å². The zero-order valence-corrected chi connectivity index (χ0v) is 10.4. The van der Waals surface area contributed by atoms with Gasteiger partial charge in [0.1, 0.15) is 6.61 Å². The summed E-state index contributed by atoms with van der Waals surface area (Å²) >= 11 is 1.26. The number of nitrogens with zero attached hydrogens (tertiary/aromatic N) is 1. The number of urea groups is 1. The maximum Gasteiger partial charge on any atom is 0.321 e. The van der Waals surface area contributed by atoms with E-state index in [2.05, 4.69) is 27.5 Å². The smallest absolute Gasteiger partial charge is 0.321 e. The summed E-state index contributed by atoms with van der Waals surface area (Å²) < 4.78 is 5.16. The highest BCUT2D eigenvalue weighted by atomic mass is 32.1. The maximum absolute atomic E-state index is 11.6. The summed E-state index contributed by atoms with van der Waals surface area (Å²) in [4.78, 5) is 16.3. The lowest BCUT2D eigenvalue weighted by Crippen LogP contribution is -2.38. The van der Waals surface area contributed by atoms with Crippen molar-refractivity contribution < 1.29 is 14.6 Å². The molecule has 7 heteroatoms. The van der Waals surface area contributed by atoms with Gasteiger partial charge in [0.2, 0.25) is 0 Å². The summed E-state index contributed by atoms with van der Waals surface area (Å²) in [5, 5.41) is 14.5. The van der Waals surface area contributed by atoms with Crippen molar-refractivity contribution in [2.45, 2.75) is 12.5 Å². The van der Waals surface area contributed by atoms with Crippen molar-refractivity contribution in [3.8, 4) is 11.8 Å². The number of aliphatic hydroxyl groups is 1. The van der Waals surface area contributed by atoms with E-state index in [1.54, 1.807) is 6.20 Å². The number of aliphatic hydroxyl groups excluding tert-OH is 1. The van der Waals surface area contributed by atoms with Crippen LogP contribution in [0.5, 0.6) is 0 Å². The van der Waals surface area contributed by atoms with Gasteiger partial charge in [-0.1, -0.05) is 23.2 Å². The summed E-state index contributed by atoms with van der Waals surface area (Å²) in [5.74, 6) is 5.25. The zero-order chi connectivity index (χ0) is 12.8. The Morgan fingerprint density at radius 3 is 3.33 bits per heavy atom. The summed E-state index contributed by atoms with van der Waals surface area (Å²) in [5.41, 5.74) is 0. The molecule has 96 valence electrons. The second-order valence-corrected chi connectivity index (χ2v) is 4.68. The number of aromatic nitrogens is 1. The van der Waals surface area contributed by atoms with Crippen LogP contribution in [-0.4, -0.2) is 42.0 Å². The Kier molecular flexibility index (Phi) is 4.52. The average Bonchev–Trinajstić information content (AvgIpc) is 2.98. The predicted molar refractivity (Wildman–Crippen MR) is 67.5 cm³/mol. The molecule has 1 aromatic rings. The molecule has 6 nitrogen and oxygen atoms in total. The molecule has 2 heterocycles. The van der Waals surface area contributed by atoms with Gasteiger partial charge in [-0.05, 0) is 6.42 Å². The first kappa shape index (κ1) is 12.8. The van der Waals surface area contributed by atoms with Crippen molar-refractivity contribution in [2.24, 2.45) is 0 Å². The first-order chi connectivity index (χ1) is 8.78. The first-order valence-corrected chi connectivity index (χ1v) is 6.30. The second kappa shape index (κ2) is 6.35. The van der Waals surface area contributed by atoms with Crippen molar-refractivity contribution in [3.63, 3.8) is 0 Å². The highest BCUT2D eigenvalue weighted by Gasteiger charge is 2.18. The van der Waals surface area contributed by atoms with E-state index >= 15 is 0 Å². The molecule has 1 aliphatic heterocycles. The number of ether oxygens (including phenoxy) is 1. The molecule has 1 unspecified atom stereocenters. The minimum atomic E-state index is -0.290. The standard InChI is InChI=1S/C11H13N3O3S/c15-4-1-2-9-6-12-11(18-9)14-10(16)13-8-3-5-17-7-8/h6,8,15H,3-5,7H2,(H2,12,13,14,16). The SMILES string of the molecule is O=C(Nc1ncc(C#CCO)s1)NC1CCOC1. The number of carbonyl (C=O) groups excluding carboxylic acids is 1. The summed E-state index contributed by atoms with van der Waals surface area (Å²) in [6, 6.07) is -0.222. The van der Waals surface area contributed by atoms with E-state index in [0.29, 0.717) is 23.2 Å². The van der Waals surface area contributed by atoms with Gasteiger partial charge in [-0.3, -0.25) is 5.32 Å². The molecular formula is C11H13N3O3S. The number of hydrogen-bond acceptors (Lipinski definition) is 5. The molecule has 0 spiro atoms. The molecular weight excluding hydrogens is 254 g/mol. The number of thiazole rings is 1. The highest BCUT2D eigenvalue weighted by molar-refractivity contribution is 7.16. The highest BCUT2D eigenvalue weighted by Crippen LogP contribution is 2.16. The number of rotatable bonds is 2. The van der Waals surface area contributed by atoms with E-state index in [1.807, 2.05) is 0 Å². The molecule has 0 bridgehead atoms. The van der Waals surface area contributed by atoms with Gasteiger partial charge < -0.3 is 15.2 Å². The summed E-state index contributed by atoms with van der Waals surface area (Å²) in [6.07, 6.45) is 2.39. The first-order valence-electron chi connectivity index (χ1n) is 5.49. The van der Waals surface area contributed by atoms with Gasteiger partial charge in [0.05, 0.1) is 23.7 Å². The van der Waals surface area contributed by atoms with Crippen molar-refractivity contribution in [1.29, 1.82) is 0 Å². The Labute approximate surface area is 108 Å². The van der Waals surface area contributed by atoms with Crippen LogP contribution >= 0.6 is 11.3 Å². The van der Waals surface area contributed by atoms with Gasteiger partial charge in [-0.2, -0.15) is 0 Å². The van der Waals surface area contributed by atoms with Crippen LogP contribution in [-0.2, 0) is 4.74 Å². The Morgan fingerprint density at radius 2 is 2.61 bits per heavy atom. The van der Waals surface area contributed by atoms with Gasteiger partial charge in [-0.25, -0.2) is 9.78 Å².